The van der Waals surface area contributed by atoms with Crippen molar-refractivity contribution in [3.05, 3.63) is 41.7 Å². The van der Waals surface area contributed by atoms with Crippen LogP contribution in [0, 0.1) is 0 Å². The van der Waals surface area contributed by atoms with Gasteiger partial charge in [0.1, 0.15) is 12.4 Å². The summed E-state index contributed by atoms with van der Waals surface area (Å²) in [6.07, 6.45) is 1.48. The molecule has 0 bridgehead atoms. The number of benzene rings is 1. The number of hydrogen-bond donors (Lipinski definition) is 2. The summed E-state index contributed by atoms with van der Waals surface area (Å²) in [4.78, 5) is 22.3. The molecule has 0 spiro atoms. The molecule has 2 aromatic rings. The third-order valence-corrected chi connectivity index (χ3v) is 2.75. The van der Waals surface area contributed by atoms with E-state index in [2.05, 4.69) is 10.3 Å². The van der Waals surface area contributed by atoms with Gasteiger partial charge in [0.15, 0.2) is 11.5 Å². The number of ketones is 1. The van der Waals surface area contributed by atoms with E-state index in [9.17, 15) is 9.59 Å². The van der Waals surface area contributed by atoms with E-state index in [4.69, 9.17) is 10.6 Å². The minimum absolute atomic E-state index is 0.00914. The zero-order valence-electron chi connectivity index (χ0n) is 11.4. The zero-order chi connectivity index (χ0) is 15.2. The summed E-state index contributed by atoms with van der Waals surface area (Å²) in [7, 11) is 0. The van der Waals surface area contributed by atoms with Gasteiger partial charge in [0.2, 0.25) is 0 Å². The van der Waals surface area contributed by atoms with Gasteiger partial charge in [0, 0.05) is 5.56 Å². The van der Waals surface area contributed by atoms with Crippen LogP contribution in [-0.4, -0.2) is 33.3 Å². The summed E-state index contributed by atoms with van der Waals surface area (Å²) in [5.41, 5.74) is 2.75. The fourth-order valence-electron chi connectivity index (χ4n) is 1.63. The minimum atomic E-state index is -0.498. The molecule has 1 aromatic carbocycles. The molecule has 8 nitrogen and oxygen atoms in total. The van der Waals surface area contributed by atoms with E-state index >= 15 is 0 Å². The van der Waals surface area contributed by atoms with Crippen LogP contribution < -0.4 is 16.0 Å². The Balaban J connectivity index is 1.85. The maximum Gasteiger partial charge on any atom is 0.287 e. The van der Waals surface area contributed by atoms with Gasteiger partial charge in [-0.1, -0.05) is 5.21 Å². The molecule has 0 saturated carbocycles. The Hall–Kier alpha value is -2.74. The number of ether oxygens (including phenoxy) is 1. The van der Waals surface area contributed by atoms with E-state index in [1.807, 2.05) is 5.43 Å². The lowest BCUT2D eigenvalue weighted by Gasteiger charge is -2.06. The number of hydrazine groups is 1. The minimum Gasteiger partial charge on any atom is -0.492 e. The van der Waals surface area contributed by atoms with E-state index < -0.39 is 5.91 Å². The number of carbonyl (C=O) groups excluding carboxylic acids is 2. The number of nitrogen functional groups attached to an aromatic ring is 1. The highest BCUT2D eigenvalue weighted by atomic mass is 16.5. The quantitative estimate of drug-likeness (QED) is 0.339. The Labute approximate surface area is 120 Å². The lowest BCUT2D eigenvalue weighted by Crippen LogP contribution is -2.30. The van der Waals surface area contributed by atoms with Gasteiger partial charge in [0.25, 0.3) is 5.91 Å². The summed E-state index contributed by atoms with van der Waals surface area (Å²) in [5.74, 6) is 5.16. The van der Waals surface area contributed by atoms with Gasteiger partial charge in [-0.15, -0.1) is 5.10 Å². The third-order valence-electron chi connectivity index (χ3n) is 2.75. The van der Waals surface area contributed by atoms with Crippen molar-refractivity contribution in [2.75, 3.05) is 6.61 Å². The molecule has 0 fully saturated rings. The molecule has 1 amide bonds. The van der Waals surface area contributed by atoms with E-state index in [0.717, 1.165) is 0 Å². The molecule has 0 saturated heterocycles. The highest BCUT2D eigenvalue weighted by Gasteiger charge is 2.08. The summed E-state index contributed by atoms with van der Waals surface area (Å²) in [6, 6.07) is 6.87. The predicted molar refractivity (Wildman–Crippen MR) is 73.6 cm³/mol. The van der Waals surface area contributed by atoms with Crippen LogP contribution in [0.25, 0.3) is 0 Å². The van der Waals surface area contributed by atoms with E-state index in [1.165, 1.54) is 17.8 Å². The molecule has 1 heterocycles. The zero-order valence-corrected chi connectivity index (χ0v) is 11.4. The monoisotopic (exact) mass is 289 g/mol. The number of nitrogens with two attached hydrogens (primary N) is 1. The van der Waals surface area contributed by atoms with Gasteiger partial charge >= 0.3 is 0 Å². The molecule has 3 N–H and O–H groups in total. The highest BCUT2D eigenvalue weighted by molar-refractivity contribution is 5.94. The van der Waals surface area contributed by atoms with Crippen LogP contribution in [0.2, 0.25) is 0 Å². The number of carbonyl (C=O) groups is 2. The van der Waals surface area contributed by atoms with Crippen molar-refractivity contribution in [3.63, 3.8) is 0 Å². The highest BCUT2D eigenvalue weighted by Crippen LogP contribution is 2.12. The number of nitrogens with one attached hydrogen (secondary N) is 1. The molecule has 2 rings (SSSR count). The first-order chi connectivity index (χ1) is 10.1. The largest absolute Gasteiger partial charge is 0.492 e. The lowest BCUT2D eigenvalue weighted by molar-refractivity contribution is 0.0947. The van der Waals surface area contributed by atoms with Gasteiger partial charge in [-0.25, -0.2) is 10.5 Å². The SMILES string of the molecule is CC(=O)c1ccc(OCCn2cc(C(=O)NN)nn2)cc1. The molecular weight excluding hydrogens is 274 g/mol. The maximum absolute atomic E-state index is 11.2. The summed E-state index contributed by atoms with van der Waals surface area (Å²) < 4.78 is 7.00. The van der Waals surface area contributed by atoms with E-state index in [0.29, 0.717) is 24.5 Å². The number of amides is 1. The van der Waals surface area contributed by atoms with Crippen molar-refractivity contribution in [2.45, 2.75) is 13.5 Å². The van der Waals surface area contributed by atoms with Crippen molar-refractivity contribution < 1.29 is 14.3 Å². The summed E-state index contributed by atoms with van der Waals surface area (Å²) >= 11 is 0. The number of nitrogens with zero attached hydrogens (tertiary/aromatic N) is 3. The Bertz CT molecular complexity index is 636. The first kappa shape index (κ1) is 14.7. The van der Waals surface area contributed by atoms with E-state index in [1.54, 1.807) is 24.3 Å². The summed E-state index contributed by atoms with van der Waals surface area (Å²) in [6.45, 7) is 2.29. The van der Waals surface area contributed by atoms with Crippen LogP contribution in [0.3, 0.4) is 0 Å². The molecule has 21 heavy (non-hydrogen) atoms. The van der Waals surface area contributed by atoms with Crippen molar-refractivity contribution >= 4 is 11.7 Å². The molecule has 1 aromatic heterocycles. The van der Waals surface area contributed by atoms with Crippen LogP contribution in [0.15, 0.2) is 30.5 Å². The second-order valence-corrected chi connectivity index (χ2v) is 4.27. The summed E-state index contributed by atoms with van der Waals surface area (Å²) in [5, 5.41) is 7.45. The molecule has 0 aliphatic carbocycles. The first-order valence-electron chi connectivity index (χ1n) is 6.25. The Morgan fingerprint density at radius 2 is 2.05 bits per heavy atom. The molecule has 0 radical (unpaired) electrons. The Morgan fingerprint density at radius 1 is 1.33 bits per heavy atom. The number of hydrogen-bond acceptors (Lipinski definition) is 6. The van der Waals surface area contributed by atoms with Gasteiger partial charge in [0.05, 0.1) is 12.7 Å². The van der Waals surface area contributed by atoms with E-state index in [-0.39, 0.29) is 11.5 Å². The van der Waals surface area contributed by atoms with Gasteiger partial charge in [-0.2, -0.15) is 0 Å². The second-order valence-electron chi connectivity index (χ2n) is 4.27. The smallest absolute Gasteiger partial charge is 0.287 e. The van der Waals surface area contributed by atoms with Crippen LogP contribution in [0.5, 0.6) is 5.75 Å². The lowest BCUT2D eigenvalue weighted by atomic mass is 10.1. The van der Waals surface area contributed by atoms with Crippen LogP contribution in [0.1, 0.15) is 27.8 Å². The first-order valence-corrected chi connectivity index (χ1v) is 6.25. The molecule has 0 atom stereocenters. The fraction of sp³-hybridized carbons (Fsp3) is 0.231. The third kappa shape index (κ3) is 3.86. The van der Waals surface area contributed by atoms with Crippen molar-refractivity contribution in [3.8, 4) is 5.75 Å². The molecular formula is C13H15N5O3. The van der Waals surface area contributed by atoms with Gasteiger partial charge in [-0.05, 0) is 31.2 Å². The number of aromatic nitrogens is 3. The molecule has 110 valence electrons. The molecule has 8 heteroatoms. The normalized spacial score (nSPS) is 10.2. The maximum atomic E-state index is 11.2. The average Bonchev–Trinajstić information content (AvgIpc) is 2.96. The standard InChI is InChI=1S/C13H15N5O3/c1-9(19)10-2-4-11(5-3-10)21-7-6-18-8-12(16-17-18)13(20)15-14/h2-5,8H,6-7,14H2,1H3,(H,15,20). The van der Waals surface area contributed by atoms with Crippen molar-refractivity contribution in [2.24, 2.45) is 5.84 Å². The molecule has 0 aliphatic rings. The predicted octanol–water partition coefficient (Wildman–Crippen LogP) is 0.163. The fourth-order valence-corrected chi connectivity index (χ4v) is 1.63. The number of Topliss-reactive ketones (excluding diaryl/α,β-unsaturated/α-hetero) is 1. The van der Waals surface area contributed by atoms with Gasteiger partial charge in [-0.3, -0.25) is 15.0 Å². The van der Waals surface area contributed by atoms with Crippen LogP contribution >= 0.6 is 0 Å². The Morgan fingerprint density at radius 3 is 2.67 bits per heavy atom. The molecule has 0 unspecified atom stereocenters. The van der Waals surface area contributed by atoms with Gasteiger partial charge < -0.3 is 4.74 Å². The van der Waals surface area contributed by atoms with Crippen LogP contribution in [0.4, 0.5) is 0 Å². The van der Waals surface area contributed by atoms with Crippen molar-refractivity contribution in [1.82, 2.24) is 20.4 Å². The second kappa shape index (κ2) is 6.62. The van der Waals surface area contributed by atoms with Crippen molar-refractivity contribution in [1.29, 1.82) is 0 Å². The van der Waals surface area contributed by atoms with Crippen LogP contribution in [-0.2, 0) is 6.54 Å². The number of rotatable bonds is 6. The molecule has 0 aliphatic heterocycles. The topological polar surface area (TPSA) is 112 Å². The average molecular weight is 289 g/mol. The Kier molecular flexibility index (Phi) is 4.62.